The number of aromatic nitrogens is 2. The quantitative estimate of drug-likeness (QED) is 0.832. The Bertz CT molecular complexity index is 551. The van der Waals surface area contributed by atoms with Crippen molar-refractivity contribution in [1.29, 1.82) is 0 Å². The Kier molecular flexibility index (Phi) is 2.40. The van der Waals surface area contributed by atoms with Gasteiger partial charge in [0.25, 0.3) is 5.91 Å². The second-order valence-corrected chi connectivity index (χ2v) is 3.11. The van der Waals surface area contributed by atoms with Gasteiger partial charge in [-0.25, -0.2) is 13.5 Å². The van der Waals surface area contributed by atoms with E-state index in [1.54, 1.807) is 0 Å². The van der Waals surface area contributed by atoms with Crippen LogP contribution in [-0.4, -0.2) is 15.7 Å². The summed E-state index contributed by atoms with van der Waals surface area (Å²) in [6.07, 6.45) is 1.33. The first kappa shape index (κ1) is 10.3. The largest absolute Gasteiger partial charge is 0.364 e. The van der Waals surface area contributed by atoms with Crippen LogP contribution in [0, 0.1) is 11.6 Å². The number of hydrogen-bond acceptors (Lipinski definition) is 2. The lowest BCUT2D eigenvalue weighted by Gasteiger charge is -2.02. The summed E-state index contributed by atoms with van der Waals surface area (Å²) in [5, 5.41) is 3.72. The lowest BCUT2D eigenvalue weighted by molar-refractivity contribution is 0.0995. The minimum Gasteiger partial charge on any atom is -0.364 e. The van der Waals surface area contributed by atoms with Crippen molar-refractivity contribution < 1.29 is 13.6 Å². The Morgan fingerprint density at radius 2 is 2.06 bits per heavy atom. The molecule has 2 rings (SSSR count). The third kappa shape index (κ3) is 1.77. The van der Waals surface area contributed by atoms with Gasteiger partial charge in [0, 0.05) is 12.3 Å². The molecular weight excluding hydrogens is 216 g/mol. The molecule has 1 heterocycles. The Morgan fingerprint density at radius 1 is 1.31 bits per heavy atom. The van der Waals surface area contributed by atoms with Gasteiger partial charge in [-0.15, -0.1) is 0 Å². The van der Waals surface area contributed by atoms with Gasteiger partial charge in [0.1, 0.15) is 23.0 Å². The maximum atomic E-state index is 13.3. The monoisotopic (exact) mass is 223 g/mol. The van der Waals surface area contributed by atoms with Crippen LogP contribution in [-0.2, 0) is 0 Å². The zero-order chi connectivity index (χ0) is 11.7. The second-order valence-electron chi connectivity index (χ2n) is 3.11. The number of hydrogen-bond donors (Lipinski definition) is 1. The molecule has 0 aliphatic rings. The molecule has 1 amide bonds. The second kappa shape index (κ2) is 3.73. The molecule has 0 saturated carbocycles. The molecule has 0 saturated heterocycles. The number of benzene rings is 1. The molecule has 2 N–H and O–H groups in total. The molecule has 0 radical (unpaired) electrons. The molecule has 4 nitrogen and oxygen atoms in total. The van der Waals surface area contributed by atoms with Crippen molar-refractivity contribution in [3.63, 3.8) is 0 Å². The number of carbonyl (C=O) groups excluding carboxylic acids is 1. The zero-order valence-electron chi connectivity index (χ0n) is 8.02. The van der Waals surface area contributed by atoms with Crippen LogP contribution in [0.15, 0.2) is 30.5 Å². The molecule has 0 aliphatic carbocycles. The van der Waals surface area contributed by atoms with Gasteiger partial charge >= 0.3 is 0 Å². The molecule has 0 atom stereocenters. The molecule has 82 valence electrons. The molecule has 0 unspecified atom stereocenters. The van der Waals surface area contributed by atoms with E-state index in [0.29, 0.717) is 0 Å². The summed E-state index contributed by atoms with van der Waals surface area (Å²) in [7, 11) is 0. The first-order valence-corrected chi connectivity index (χ1v) is 4.39. The van der Waals surface area contributed by atoms with Crippen LogP contribution < -0.4 is 5.73 Å². The van der Waals surface area contributed by atoms with E-state index in [1.807, 2.05) is 0 Å². The molecule has 0 bridgehead atoms. The van der Waals surface area contributed by atoms with Crippen molar-refractivity contribution in [3.05, 3.63) is 47.8 Å². The molecule has 16 heavy (non-hydrogen) atoms. The van der Waals surface area contributed by atoms with Crippen molar-refractivity contribution in [2.75, 3.05) is 0 Å². The van der Waals surface area contributed by atoms with Crippen molar-refractivity contribution in [2.45, 2.75) is 0 Å². The van der Waals surface area contributed by atoms with E-state index in [4.69, 9.17) is 5.73 Å². The van der Waals surface area contributed by atoms with Gasteiger partial charge in [-0.3, -0.25) is 4.79 Å². The summed E-state index contributed by atoms with van der Waals surface area (Å²) in [5.41, 5.74) is 4.90. The van der Waals surface area contributed by atoms with Crippen LogP contribution >= 0.6 is 0 Å². The SMILES string of the molecule is NC(=O)c1ccn(-c2cc(F)ccc2F)n1. The first-order chi connectivity index (χ1) is 7.58. The predicted octanol–water partition coefficient (Wildman–Crippen LogP) is 1.25. The van der Waals surface area contributed by atoms with E-state index in [-0.39, 0.29) is 11.4 Å². The predicted molar refractivity (Wildman–Crippen MR) is 52.0 cm³/mol. The number of primary amides is 1. The van der Waals surface area contributed by atoms with Gasteiger partial charge in [-0.05, 0) is 18.2 Å². The highest BCUT2D eigenvalue weighted by molar-refractivity contribution is 5.90. The van der Waals surface area contributed by atoms with Crippen molar-refractivity contribution in [3.8, 4) is 5.69 Å². The fraction of sp³-hybridized carbons (Fsp3) is 0. The maximum Gasteiger partial charge on any atom is 0.269 e. The summed E-state index contributed by atoms with van der Waals surface area (Å²) < 4.78 is 27.3. The molecule has 6 heteroatoms. The highest BCUT2D eigenvalue weighted by Crippen LogP contribution is 2.14. The highest BCUT2D eigenvalue weighted by Gasteiger charge is 2.10. The summed E-state index contributed by atoms with van der Waals surface area (Å²) in [5.74, 6) is -1.95. The van der Waals surface area contributed by atoms with Crippen LogP contribution in [0.4, 0.5) is 8.78 Å². The fourth-order valence-corrected chi connectivity index (χ4v) is 1.25. The summed E-state index contributed by atoms with van der Waals surface area (Å²) in [6, 6.07) is 4.29. The van der Waals surface area contributed by atoms with Crippen LogP contribution in [0.1, 0.15) is 10.5 Å². The summed E-state index contributed by atoms with van der Waals surface area (Å²) >= 11 is 0. The molecule has 0 spiro atoms. The minimum atomic E-state index is -0.726. The topological polar surface area (TPSA) is 60.9 Å². The summed E-state index contributed by atoms with van der Waals surface area (Å²) in [6.45, 7) is 0. The molecule has 1 aromatic carbocycles. The third-order valence-corrected chi connectivity index (χ3v) is 2.00. The van der Waals surface area contributed by atoms with Crippen LogP contribution in [0.5, 0.6) is 0 Å². The third-order valence-electron chi connectivity index (χ3n) is 2.00. The van der Waals surface area contributed by atoms with Gasteiger partial charge in [-0.1, -0.05) is 0 Å². The van der Waals surface area contributed by atoms with Crippen LogP contribution in [0.3, 0.4) is 0 Å². The number of rotatable bonds is 2. The van der Waals surface area contributed by atoms with Gasteiger partial charge in [0.2, 0.25) is 0 Å². The molecule has 2 aromatic rings. The minimum absolute atomic E-state index is 0.0105. The zero-order valence-corrected chi connectivity index (χ0v) is 8.02. The van der Waals surface area contributed by atoms with Gasteiger partial charge < -0.3 is 5.73 Å². The van der Waals surface area contributed by atoms with E-state index in [0.717, 1.165) is 22.9 Å². The number of nitrogens with zero attached hydrogens (tertiary/aromatic N) is 2. The Hall–Kier alpha value is -2.24. The fourth-order valence-electron chi connectivity index (χ4n) is 1.25. The Balaban J connectivity index is 2.50. The standard InChI is InChI=1S/C10H7F2N3O/c11-6-1-2-7(12)9(5-6)15-4-3-8(14-15)10(13)16/h1-5H,(H2,13,16). The van der Waals surface area contributed by atoms with Crippen molar-refractivity contribution >= 4 is 5.91 Å². The summed E-state index contributed by atoms with van der Waals surface area (Å²) in [4.78, 5) is 10.8. The maximum absolute atomic E-state index is 13.3. The number of carbonyl (C=O) groups is 1. The van der Waals surface area contributed by atoms with Crippen molar-refractivity contribution in [2.24, 2.45) is 5.73 Å². The number of halogens is 2. The lowest BCUT2D eigenvalue weighted by atomic mass is 10.3. The van der Waals surface area contributed by atoms with E-state index in [9.17, 15) is 13.6 Å². The smallest absolute Gasteiger partial charge is 0.269 e. The first-order valence-electron chi connectivity index (χ1n) is 4.39. The Labute approximate surface area is 89.3 Å². The molecule has 0 aliphatic heterocycles. The normalized spacial score (nSPS) is 10.4. The van der Waals surface area contributed by atoms with Crippen molar-refractivity contribution in [1.82, 2.24) is 9.78 Å². The van der Waals surface area contributed by atoms with E-state index in [1.165, 1.54) is 12.3 Å². The van der Waals surface area contributed by atoms with E-state index in [2.05, 4.69) is 5.10 Å². The highest BCUT2D eigenvalue weighted by atomic mass is 19.1. The molecular formula is C10H7F2N3O. The van der Waals surface area contributed by atoms with Gasteiger partial charge in [-0.2, -0.15) is 5.10 Å². The lowest BCUT2D eigenvalue weighted by Crippen LogP contribution is -2.12. The van der Waals surface area contributed by atoms with Gasteiger partial charge in [0.15, 0.2) is 0 Å². The van der Waals surface area contributed by atoms with Crippen LogP contribution in [0.2, 0.25) is 0 Å². The average molecular weight is 223 g/mol. The molecule has 0 fully saturated rings. The van der Waals surface area contributed by atoms with Gasteiger partial charge in [0.05, 0.1) is 0 Å². The van der Waals surface area contributed by atoms with Crippen LogP contribution in [0.25, 0.3) is 5.69 Å². The Morgan fingerprint density at radius 3 is 2.69 bits per heavy atom. The van der Waals surface area contributed by atoms with E-state index < -0.39 is 17.5 Å². The number of amides is 1. The number of nitrogens with two attached hydrogens (primary N) is 1. The average Bonchev–Trinajstić information content (AvgIpc) is 2.70. The molecule has 1 aromatic heterocycles. The van der Waals surface area contributed by atoms with E-state index >= 15 is 0 Å².